The highest BCUT2D eigenvalue weighted by Crippen LogP contribution is 2.45. The van der Waals surface area contributed by atoms with Crippen molar-refractivity contribution in [2.24, 2.45) is 0 Å². The van der Waals surface area contributed by atoms with Crippen LogP contribution in [0.25, 0.3) is 0 Å². The molecule has 0 atom stereocenters. The molecule has 1 aromatic carbocycles. The van der Waals surface area contributed by atoms with Gasteiger partial charge in [0.05, 0.1) is 18.8 Å². The lowest BCUT2D eigenvalue weighted by Gasteiger charge is -2.40. The molecule has 2 fully saturated rings. The molecule has 0 aromatic heterocycles. The zero-order valence-corrected chi connectivity index (χ0v) is 11.1. The maximum absolute atomic E-state index is 13.5. The average Bonchev–Trinajstić information content (AvgIpc) is 2.81. The Balaban J connectivity index is 1.81. The summed E-state index contributed by atoms with van der Waals surface area (Å²) in [5.74, 6) is -0.800. The monoisotopic (exact) mass is 266 g/mol. The number of rotatable bonds is 1. The Morgan fingerprint density at radius 3 is 2.26 bits per heavy atom. The van der Waals surface area contributed by atoms with Gasteiger partial charge in [-0.1, -0.05) is 6.07 Å². The molecule has 1 saturated carbocycles. The van der Waals surface area contributed by atoms with Gasteiger partial charge in [-0.25, -0.2) is 4.39 Å². The number of halogens is 1. The van der Waals surface area contributed by atoms with Crippen LogP contribution in [0.5, 0.6) is 0 Å². The van der Waals surface area contributed by atoms with E-state index in [-0.39, 0.29) is 5.82 Å². The van der Waals surface area contributed by atoms with E-state index in [1.54, 1.807) is 0 Å². The fourth-order valence-electron chi connectivity index (χ4n) is 3.12. The highest BCUT2D eigenvalue weighted by atomic mass is 19.1. The standard InChI is InChI=1S/C15H19FO3/c1-11-8-12(10-13(16)9-11)14(17)2-4-15(5-3-14)18-6-7-19-15/h8-10,17H,2-7H2,1H3. The quantitative estimate of drug-likeness (QED) is 0.849. The number of hydrogen-bond donors (Lipinski definition) is 1. The molecule has 1 aliphatic carbocycles. The third kappa shape index (κ3) is 2.40. The molecule has 19 heavy (non-hydrogen) atoms. The fourth-order valence-corrected chi connectivity index (χ4v) is 3.12. The molecular formula is C15H19FO3. The van der Waals surface area contributed by atoms with Crippen molar-refractivity contribution in [1.82, 2.24) is 0 Å². The van der Waals surface area contributed by atoms with E-state index in [2.05, 4.69) is 0 Å². The predicted octanol–water partition coefficient (Wildman–Crippen LogP) is 2.64. The van der Waals surface area contributed by atoms with E-state index in [4.69, 9.17) is 9.47 Å². The third-order valence-corrected chi connectivity index (χ3v) is 4.23. The maximum atomic E-state index is 13.5. The van der Waals surface area contributed by atoms with Gasteiger partial charge in [-0.2, -0.15) is 0 Å². The Morgan fingerprint density at radius 1 is 1.05 bits per heavy atom. The van der Waals surface area contributed by atoms with Gasteiger partial charge < -0.3 is 14.6 Å². The summed E-state index contributed by atoms with van der Waals surface area (Å²) in [6, 6.07) is 4.76. The van der Waals surface area contributed by atoms with Crippen molar-refractivity contribution >= 4 is 0 Å². The van der Waals surface area contributed by atoms with E-state index in [1.165, 1.54) is 12.1 Å². The molecule has 4 heteroatoms. The summed E-state index contributed by atoms with van der Waals surface area (Å²) < 4.78 is 24.8. The molecule has 1 N–H and O–H groups in total. The molecule has 104 valence electrons. The molecule has 2 aliphatic rings. The molecule has 3 rings (SSSR count). The van der Waals surface area contributed by atoms with Gasteiger partial charge in [0.2, 0.25) is 0 Å². The summed E-state index contributed by atoms with van der Waals surface area (Å²) in [5, 5.41) is 10.8. The van der Waals surface area contributed by atoms with Crippen LogP contribution in [0.2, 0.25) is 0 Å². The van der Waals surface area contributed by atoms with Gasteiger partial charge >= 0.3 is 0 Å². The van der Waals surface area contributed by atoms with E-state index in [0.29, 0.717) is 44.5 Å². The Kier molecular flexibility index (Phi) is 3.12. The van der Waals surface area contributed by atoms with Crippen molar-refractivity contribution in [1.29, 1.82) is 0 Å². The first kappa shape index (κ1) is 13.0. The minimum absolute atomic E-state index is 0.294. The zero-order chi connectivity index (χ0) is 13.5. The zero-order valence-electron chi connectivity index (χ0n) is 11.1. The van der Waals surface area contributed by atoms with Gasteiger partial charge in [0, 0.05) is 12.8 Å². The van der Waals surface area contributed by atoms with Gasteiger partial charge in [-0.3, -0.25) is 0 Å². The van der Waals surface area contributed by atoms with Crippen LogP contribution in [0.15, 0.2) is 18.2 Å². The van der Waals surface area contributed by atoms with Crippen molar-refractivity contribution in [2.75, 3.05) is 13.2 Å². The molecule has 1 heterocycles. The molecule has 3 nitrogen and oxygen atoms in total. The molecule has 1 aliphatic heterocycles. The van der Waals surface area contributed by atoms with Gasteiger partial charge in [0.25, 0.3) is 0 Å². The van der Waals surface area contributed by atoms with Crippen LogP contribution in [0.4, 0.5) is 4.39 Å². The van der Waals surface area contributed by atoms with Gasteiger partial charge in [-0.15, -0.1) is 0 Å². The second kappa shape index (κ2) is 4.54. The number of aryl methyl sites for hydroxylation is 1. The fraction of sp³-hybridized carbons (Fsp3) is 0.600. The van der Waals surface area contributed by atoms with Gasteiger partial charge in [0.1, 0.15) is 5.82 Å². The van der Waals surface area contributed by atoms with E-state index < -0.39 is 11.4 Å². The molecule has 0 amide bonds. The van der Waals surface area contributed by atoms with E-state index >= 15 is 0 Å². The first-order valence-corrected chi connectivity index (χ1v) is 6.79. The van der Waals surface area contributed by atoms with E-state index in [9.17, 15) is 9.50 Å². The molecule has 0 bridgehead atoms. The SMILES string of the molecule is Cc1cc(F)cc(C2(O)CCC3(CC2)OCCO3)c1. The topological polar surface area (TPSA) is 38.7 Å². The molecule has 1 spiro atoms. The van der Waals surface area contributed by atoms with Crippen LogP contribution < -0.4 is 0 Å². The Bertz CT molecular complexity index is 450. The average molecular weight is 266 g/mol. The highest BCUT2D eigenvalue weighted by Gasteiger charge is 2.46. The Hall–Kier alpha value is -0.970. The first-order valence-electron chi connectivity index (χ1n) is 6.79. The minimum Gasteiger partial charge on any atom is -0.385 e. The Labute approximate surface area is 112 Å². The van der Waals surface area contributed by atoms with Crippen molar-refractivity contribution in [3.8, 4) is 0 Å². The molecule has 0 unspecified atom stereocenters. The van der Waals surface area contributed by atoms with Crippen molar-refractivity contribution in [3.63, 3.8) is 0 Å². The highest BCUT2D eigenvalue weighted by molar-refractivity contribution is 5.29. The number of ether oxygens (including phenoxy) is 2. The van der Waals surface area contributed by atoms with Crippen molar-refractivity contribution < 1.29 is 19.0 Å². The molecule has 1 aromatic rings. The van der Waals surface area contributed by atoms with E-state index in [0.717, 1.165) is 5.56 Å². The van der Waals surface area contributed by atoms with Crippen LogP contribution >= 0.6 is 0 Å². The summed E-state index contributed by atoms with van der Waals surface area (Å²) in [7, 11) is 0. The van der Waals surface area contributed by atoms with Crippen LogP contribution in [-0.2, 0) is 15.1 Å². The van der Waals surface area contributed by atoms with Crippen LogP contribution in [-0.4, -0.2) is 24.1 Å². The summed E-state index contributed by atoms with van der Waals surface area (Å²) in [4.78, 5) is 0. The summed E-state index contributed by atoms with van der Waals surface area (Å²) in [6.07, 6.45) is 2.38. The number of aliphatic hydroxyl groups is 1. The second-order valence-corrected chi connectivity index (χ2v) is 5.66. The minimum atomic E-state index is -0.965. The maximum Gasteiger partial charge on any atom is 0.168 e. The van der Waals surface area contributed by atoms with Gasteiger partial charge in [0.15, 0.2) is 5.79 Å². The molecule has 1 saturated heterocycles. The first-order chi connectivity index (χ1) is 9.01. The summed E-state index contributed by atoms with van der Waals surface area (Å²) in [5.41, 5.74) is 0.530. The lowest BCUT2D eigenvalue weighted by molar-refractivity contribution is -0.204. The predicted molar refractivity (Wildman–Crippen MR) is 68.1 cm³/mol. The summed E-state index contributed by atoms with van der Waals surface area (Å²) in [6.45, 7) is 3.08. The normalized spacial score (nSPS) is 24.8. The lowest BCUT2D eigenvalue weighted by Crippen LogP contribution is -2.42. The molecule has 0 radical (unpaired) electrons. The van der Waals surface area contributed by atoms with Crippen LogP contribution in [0.3, 0.4) is 0 Å². The van der Waals surface area contributed by atoms with Crippen LogP contribution in [0.1, 0.15) is 36.8 Å². The molecular weight excluding hydrogens is 247 g/mol. The van der Waals surface area contributed by atoms with Crippen molar-refractivity contribution in [3.05, 3.63) is 35.1 Å². The van der Waals surface area contributed by atoms with Gasteiger partial charge in [-0.05, 0) is 43.0 Å². The van der Waals surface area contributed by atoms with Crippen molar-refractivity contribution in [2.45, 2.75) is 44.0 Å². The van der Waals surface area contributed by atoms with E-state index in [1.807, 2.05) is 13.0 Å². The largest absolute Gasteiger partial charge is 0.385 e. The smallest absolute Gasteiger partial charge is 0.168 e. The third-order valence-electron chi connectivity index (χ3n) is 4.23. The summed E-state index contributed by atoms with van der Waals surface area (Å²) >= 11 is 0. The number of benzene rings is 1. The second-order valence-electron chi connectivity index (χ2n) is 5.66. The number of hydrogen-bond acceptors (Lipinski definition) is 3. The van der Waals surface area contributed by atoms with Crippen LogP contribution in [0, 0.1) is 12.7 Å². The Morgan fingerprint density at radius 2 is 1.68 bits per heavy atom. The lowest BCUT2D eigenvalue weighted by atomic mass is 9.77.